The first-order chi connectivity index (χ1) is 36.9. The Morgan fingerprint density at radius 2 is 1.49 bits per heavy atom. The minimum absolute atomic E-state index is 0.114. The van der Waals surface area contributed by atoms with Gasteiger partial charge in [-0.15, -0.1) is 0 Å². The predicted molar refractivity (Wildman–Crippen MR) is 294 cm³/mol. The van der Waals surface area contributed by atoms with Crippen LogP contribution in [-0.4, -0.2) is 142 Å². The Bertz CT molecular complexity index is 2850. The Hall–Kier alpha value is -6.79. The topological polar surface area (TPSA) is 196 Å². The van der Waals surface area contributed by atoms with Crippen molar-refractivity contribution in [3.05, 3.63) is 136 Å². The van der Waals surface area contributed by atoms with Gasteiger partial charge in [-0.2, -0.15) is 0 Å². The van der Waals surface area contributed by atoms with Gasteiger partial charge in [-0.3, -0.25) is 28.8 Å². The largest absolute Gasteiger partial charge is 0.481 e. The molecule has 2 heterocycles. The predicted octanol–water partition coefficient (Wildman–Crippen LogP) is 7.55. The van der Waals surface area contributed by atoms with E-state index in [1.165, 1.54) is 16.9 Å². The number of carboxylic acid groups (broad SMARTS) is 1. The second-order valence-electron chi connectivity index (χ2n) is 20.4. The Labute approximate surface area is 460 Å². The van der Waals surface area contributed by atoms with Crippen molar-refractivity contribution in [1.29, 1.82) is 0 Å². The van der Waals surface area contributed by atoms with Gasteiger partial charge in [0.05, 0.1) is 43.5 Å². The second-order valence-corrected chi connectivity index (χ2v) is 21.3. The van der Waals surface area contributed by atoms with E-state index in [9.17, 15) is 19.5 Å². The Morgan fingerprint density at radius 3 is 2.18 bits per heavy atom. The molecule has 0 spiro atoms. The molecular weight excluding hydrogens is 1020 g/mol. The number of carbonyl (C=O) groups excluding carboxylic acids is 5. The van der Waals surface area contributed by atoms with Crippen LogP contribution in [-0.2, 0) is 66.5 Å². The number of methoxy groups -OCH3 is 1. The highest BCUT2D eigenvalue weighted by molar-refractivity contribution is 6.31. The summed E-state index contributed by atoms with van der Waals surface area (Å²) < 4.78 is 14.1. The highest BCUT2D eigenvalue weighted by atomic mass is 35.5. The molecule has 0 unspecified atom stereocenters. The number of hydrogen-bond donors (Lipinski definition) is 3. The van der Waals surface area contributed by atoms with E-state index in [0.717, 1.165) is 41.1 Å². The van der Waals surface area contributed by atoms with Crippen molar-refractivity contribution in [3.63, 3.8) is 0 Å². The summed E-state index contributed by atoms with van der Waals surface area (Å²) in [5.74, 6) is -3.29. The van der Waals surface area contributed by atoms with Crippen LogP contribution in [0.25, 0.3) is 11.3 Å². The van der Waals surface area contributed by atoms with Crippen LogP contribution in [0.3, 0.4) is 0 Å². The van der Waals surface area contributed by atoms with Crippen LogP contribution in [0.15, 0.2) is 103 Å². The average Bonchev–Trinajstić information content (AvgIpc) is 3.76. The van der Waals surface area contributed by atoms with Gasteiger partial charge in [0.15, 0.2) is 0 Å². The Morgan fingerprint density at radius 1 is 0.805 bits per heavy atom. The van der Waals surface area contributed by atoms with E-state index in [0.29, 0.717) is 40.7 Å². The number of imidazole rings is 1. The number of nitrogens with one attached hydrogen (secondary N) is 2. The monoisotopic (exact) mass is 1090 g/mol. The van der Waals surface area contributed by atoms with Crippen LogP contribution in [0, 0.1) is 5.92 Å². The van der Waals surface area contributed by atoms with Crippen molar-refractivity contribution in [3.8, 4) is 22.8 Å². The minimum Gasteiger partial charge on any atom is -0.481 e. The van der Waals surface area contributed by atoms with Gasteiger partial charge in [0.1, 0.15) is 29.4 Å². The van der Waals surface area contributed by atoms with Crippen molar-refractivity contribution < 1.29 is 43.3 Å². The number of likely N-dealkylation sites (N-methyl/N-ethyl adjacent to an activating group) is 2. The molecule has 5 amide bonds. The fraction of sp³-hybridized carbons (Fsp3) is 0.431. The van der Waals surface area contributed by atoms with Crippen molar-refractivity contribution >= 4 is 58.7 Å². The zero-order valence-corrected chi connectivity index (χ0v) is 46.1. The Kier molecular flexibility index (Phi) is 20.3. The lowest BCUT2D eigenvalue weighted by atomic mass is 9.87. The van der Waals surface area contributed by atoms with Crippen LogP contribution in [0.4, 0.5) is 0 Å². The second kappa shape index (κ2) is 27.0. The van der Waals surface area contributed by atoms with E-state index < -0.39 is 66.2 Å². The van der Waals surface area contributed by atoms with E-state index in [-0.39, 0.29) is 62.8 Å². The number of hydrogen-bond acceptors (Lipinski definition) is 10. The van der Waals surface area contributed by atoms with E-state index in [1.807, 2.05) is 91.4 Å². The lowest BCUT2D eigenvalue weighted by Gasteiger charge is -2.40. The number of carboxylic acids is 1. The zero-order chi connectivity index (χ0) is 55.3. The summed E-state index contributed by atoms with van der Waals surface area (Å²) in [6, 6.07) is 24.3. The quantitative estimate of drug-likeness (QED) is 0.0883. The summed E-state index contributed by atoms with van der Waals surface area (Å²) in [6.45, 7) is 0.0609. The number of halogens is 2. The summed E-state index contributed by atoms with van der Waals surface area (Å²) in [4.78, 5) is 98.3. The number of nitrogens with zero attached hydrogens (tertiary/aromatic N) is 6. The van der Waals surface area contributed by atoms with E-state index in [4.69, 9.17) is 32.7 Å². The van der Waals surface area contributed by atoms with Crippen molar-refractivity contribution in [1.82, 2.24) is 39.8 Å². The maximum absolute atomic E-state index is 15.5. The molecule has 5 aromatic rings. The van der Waals surface area contributed by atoms with Crippen LogP contribution in [0.5, 0.6) is 11.5 Å². The molecular formula is C58H70Cl2N8O9. The molecule has 19 heteroatoms. The van der Waals surface area contributed by atoms with E-state index >= 15 is 14.4 Å². The van der Waals surface area contributed by atoms with Gasteiger partial charge in [0.25, 0.3) is 0 Å². The van der Waals surface area contributed by atoms with Crippen LogP contribution >= 0.6 is 23.2 Å². The molecule has 3 N–H and O–H groups in total. The van der Waals surface area contributed by atoms with E-state index in [2.05, 4.69) is 15.6 Å². The average molecular weight is 1090 g/mol. The number of carbonyl (C=O) groups is 6. The lowest BCUT2D eigenvalue weighted by molar-refractivity contribution is -0.148. The molecule has 2 aliphatic rings. The first-order valence-corrected chi connectivity index (χ1v) is 26.8. The summed E-state index contributed by atoms with van der Waals surface area (Å²) in [7, 11) is 10.5. The maximum atomic E-state index is 15.5. The molecule has 410 valence electrons. The van der Waals surface area contributed by atoms with Crippen molar-refractivity contribution in [2.75, 3.05) is 41.9 Å². The van der Waals surface area contributed by atoms with Gasteiger partial charge >= 0.3 is 5.97 Å². The normalized spacial score (nSPS) is 21.3. The van der Waals surface area contributed by atoms with Gasteiger partial charge in [0, 0.05) is 80.8 Å². The highest BCUT2D eigenvalue weighted by Gasteiger charge is 2.40. The van der Waals surface area contributed by atoms with Crippen molar-refractivity contribution in [2.45, 2.75) is 108 Å². The lowest BCUT2D eigenvalue weighted by Crippen LogP contribution is -2.59. The summed E-state index contributed by atoms with van der Waals surface area (Å²) in [5, 5.41) is 17.0. The summed E-state index contributed by atoms with van der Waals surface area (Å²) in [5.41, 5.74) is 3.81. The summed E-state index contributed by atoms with van der Waals surface area (Å²) in [6.07, 6.45) is 3.64. The molecule has 6 atom stereocenters. The fourth-order valence-electron chi connectivity index (χ4n) is 10.4. The molecule has 1 aliphatic carbocycles. The molecule has 77 heavy (non-hydrogen) atoms. The van der Waals surface area contributed by atoms with Crippen LogP contribution in [0.1, 0.15) is 73.9 Å². The molecule has 1 aromatic heterocycles. The van der Waals surface area contributed by atoms with Crippen LogP contribution < -0.4 is 15.4 Å². The van der Waals surface area contributed by atoms with Gasteiger partial charge in [-0.1, -0.05) is 84.6 Å². The number of ether oxygens (including phenoxy) is 2. The third-order valence-corrected chi connectivity index (χ3v) is 15.1. The third-order valence-electron chi connectivity index (χ3n) is 14.6. The highest BCUT2D eigenvalue weighted by Crippen LogP contribution is 2.34. The third kappa shape index (κ3) is 15.5. The van der Waals surface area contributed by atoms with E-state index in [1.54, 1.807) is 61.5 Å². The molecule has 7 rings (SSSR count). The number of aromatic nitrogens is 2. The zero-order valence-electron chi connectivity index (χ0n) is 44.6. The fourth-order valence-corrected chi connectivity index (χ4v) is 10.7. The van der Waals surface area contributed by atoms with Gasteiger partial charge < -0.3 is 49.4 Å². The summed E-state index contributed by atoms with van der Waals surface area (Å²) >= 11 is 12.9. The van der Waals surface area contributed by atoms with Gasteiger partial charge in [-0.25, -0.2) is 4.98 Å². The molecule has 17 nitrogen and oxygen atoms in total. The minimum atomic E-state index is -1.50. The number of fused-ring (bicyclic) bond motifs is 1. The van der Waals surface area contributed by atoms with Crippen molar-refractivity contribution in [2.24, 2.45) is 13.0 Å². The van der Waals surface area contributed by atoms with Crippen LogP contribution in [0.2, 0.25) is 10.0 Å². The van der Waals surface area contributed by atoms with Gasteiger partial charge in [0.2, 0.25) is 29.5 Å². The first kappa shape index (κ1) is 57.9. The molecule has 1 saturated carbocycles. The smallest absolute Gasteiger partial charge is 0.303 e. The standard InChI is InChI=1S/C58H70Cl2N8O9/c1-64(2)35-52-61-33-50(66(52)4)39-19-24-45(25-20-39)77-51-31-43(60)23-18-40(51)34-68-49(26-27-55(71)72)56(73)63-47(36-76-6)58(75)65(3)44(29-38-16-21-42(59)22-17-38)32-53(69)62-46-14-10-11-15-48(46)67(5)57(74)41(30-54(68)70)28-37-12-8-7-9-13-37/h7-9,12-13,16-25,31,33,41,44,46-49H,10-11,14-15,26-30,32,34-36H2,1-6H3,(H,62,69)(H,63,73)(H,71,72)/t41-,44+,46+,47+,48+,49+/m1/s1. The molecule has 1 saturated heterocycles. The molecule has 4 aromatic carbocycles. The number of amides is 5. The number of rotatable bonds is 16. The molecule has 0 bridgehead atoms. The Balaban J connectivity index is 1.31. The molecule has 2 fully saturated rings. The molecule has 0 radical (unpaired) electrons. The number of benzene rings is 4. The number of aliphatic carboxylic acids is 1. The van der Waals surface area contributed by atoms with Gasteiger partial charge in [-0.05, 0) is 106 Å². The maximum Gasteiger partial charge on any atom is 0.303 e. The first-order valence-electron chi connectivity index (χ1n) is 26.0. The molecule has 1 aliphatic heterocycles. The SMILES string of the molecule is COC[C@@H]1NC(=O)[C@H](CCC(=O)O)N(Cc2ccc(Cl)cc2Oc2ccc(-c3cnc(CN(C)C)n3C)cc2)C(=O)C[C@@H](Cc2ccccc2)C(=O)N(C)[C@H]2CCCC[C@@H]2NC(=O)C[C@H](Cc2ccc(Cl)cc2)N(C)C1=O.